The maximum atomic E-state index is 13.6. The lowest BCUT2D eigenvalue weighted by molar-refractivity contribution is 0.122. The van der Waals surface area contributed by atoms with E-state index in [1.165, 1.54) is 4.88 Å². The average molecular weight is 467 g/mol. The number of anilines is 1. The fourth-order valence-corrected chi connectivity index (χ4v) is 5.81. The lowest BCUT2D eigenvalue weighted by Crippen LogP contribution is -2.42. The van der Waals surface area contributed by atoms with Crippen LogP contribution in [0.15, 0.2) is 30.5 Å². The lowest BCUT2D eigenvalue weighted by atomic mass is 10.1. The van der Waals surface area contributed by atoms with Gasteiger partial charge in [-0.2, -0.15) is 0 Å². The Morgan fingerprint density at radius 2 is 1.88 bits per heavy atom. The second-order valence-electron chi connectivity index (χ2n) is 8.64. The lowest BCUT2D eigenvalue weighted by Gasteiger charge is -2.28. The average Bonchev–Trinajstić information content (AvgIpc) is 3.50. The van der Waals surface area contributed by atoms with Crippen LogP contribution in [-0.4, -0.2) is 72.3 Å². The van der Waals surface area contributed by atoms with Gasteiger partial charge >= 0.3 is 0 Å². The van der Waals surface area contributed by atoms with Crippen LogP contribution in [0.2, 0.25) is 0 Å². The summed E-state index contributed by atoms with van der Waals surface area (Å²) < 4.78 is 19.2. The standard InChI is InChI=1S/C24H27FN6OS/c25-14-16-11-19(18-1-2-27-21(18)12-16)22-28-23(31-7-9-32-10-8-31)20-13-17(33-24(20)29-22)15-30-5-3-26-4-6-30/h1-2,11-13,26-27H,3-10,14-15H2. The summed E-state index contributed by atoms with van der Waals surface area (Å²) in [6.45, 7) is 7.59. The summed E-state index contributed by atoms with van der Waals surface area (Å²) in [5, 5.41) is 5.53. The van der Waals surface area contributed by atoms with Crippen LogP contribution in [0.5, 0.6) is 0 Å². The number of alkyl halides is 1. The summed E-state index contributed by atoms with van der Waals surface area (Å²) >= 11 is 1.74. The number of nitrogens with zero attached hydrogens (tertiary/aromatic N) is 4. The van der Waals surface area contributed by atoms with E-state index in [-0.39, 0.29) is 0 Å². The molecular weight excluding hydrogens is 439 g/mol. The molecule has 0 radical (unpaired) electrons. The Morgan fingerprint density at radius 1 is 1.03 bits per heavy atom. The zero-order valence-corrected chi connectivity index (χ0v) is 19.3. The highest BCUT2D eigenvalue weighted by atomic mass is 32.1. The number of rotatable bonds is 5. The van der Waals surface area contributed by atoms with Crippen molar-refractivity contribution in [2.75, 3.05) is 57.4 Å². The van der Waals surface area contributed by atoms with Crippen molar-refractivity contribution >= 4 is 38.3 Å². The Hall–Kier alpha value is -2.59. The van der Waals surface area contributed by atoms with E-state index in [9.17, 15) is 4.39 Å². The van der Waals surface area contributed by atoms with Gasteiger partial charge in [-0.25, -0.2) is 14.4 Å². The van der Waals surface area contributed by atoms with Gasteiger partial charge in [-0.1, -0.05) is 0 Å². The first-order valence-corrected chi connectivity index (χ1v) is 12.3. The number of benzene rings is 1. The molecule has 33 heavy (non-hydrogen) atoms. The zero-order valence-electron chi connectivity index (χ0n) is 18.4. The Bertz CT molecular complexity index is 1270. The molecule has 9 heteroatoms. The molecule has 0 atom stereocenters. The molecule has 2 fully saturated rings. The molecule has 4 aromatic rings. The predicted octanol–water partition coefficient (Wildman–Crippen LogP) is 3.55. The minimum absolute atomic E-state index is 0.519. The number of hydrogen-bond donors (Lipinski definition) is 2. The van der Waals surface area contributed by atoms with E-state index >= 15 is 0 Å². The van der Waals surface area contributed by atoms with E-state index in [0.717, 1.165) is 78.3 Å². The summed E-state index contributed by atoms with van der Waals surface area (Å²) in [5.74, 6) is 1.61. The number of morpholine rings is 1. The van der Waals surface area contributed by atoms with Crippen LogP contribution in [0.3, 0.4) is 0 Å². The normalized spacial score (nSPS) is 17.9. The highest BCUT2D eigenvalue weighted by Crippen LogP contribution is 2.36. The van der Waals surface area contributed by atoms with E-state index in [0.29, 0.717) is 24.6 Å². The van der Waals surface area contributed by atoms with Crippen LogP contribution >= 0.6 is 11.3 Å². The molecule has 0 aliphatic carbocycles. The molecule has 5 heterocycles. The second kappa shape index (κ2) is 8.98. The van der Waals surface area contributed by atoms with Crippen LogP contribution < -0.4 is 10.2 Å². The molecule has 0 spiro atoms. The Kier molecular flexibility index (Phi) is 5.71. The quantitative estimate of drug-likeness (QED) is 0.469. The summed E-state index contributed by atoms with van der Waals surface area (Å²) in [4.78, 5) is 20.4. The van der Waals surface area contributed by atoms with Crippen molar-refractivity contribution < 1.29 is 9.13 Å². The highest BCUT2D eigenvalue weighted by Gasteiger charge is 2.22. The largest absolute Gasteiger partial charge is 0.378 e. The first-order valence-electron chi connectivity index (χ1n) is 11.5. The van der Waals surface area contributed by atoms with Gasteiger partial charge in [-0.05, 0) is 29.8 Å². The Balaban J connectivity index is 1.48. The fraction of sp³-hybridized carbons (Fsp3) is 0.417. The molecule has 3 aromatic heterocycles. The maximum Gasteiger partial charge on any atom is 0.163 e. The van der Waals surface area contributed by atoms with Crippen LogP contribution in [0, 0.1) is 0 Å². The molecule has 0 amide bonds. The van der Waals surface area contributed by atoms with E-state index in [1.807, 2.05) is 24.4 Å². The minimum atomic E-state index is -0.519. The molecule has 2 aliphatic rings. The molecule has 172 valence electrons. The van der Waals surface area contributed by atoms with E-state index in [2.05, 4.69) is 26.2 Å². The number of halogens is 1. The van der Waals surface area contributed by atoms with Gasteiger partial charge in [0.1, 0.15) is 17.3 Å². The van der Waals surface area contributed by atoms with E-state index in [4.69, 9.17) is 14.7 Å². The number of aromatic nitrogens is 3. The Labute approximate surface area is 195 Å². The van der Waals surface area contributed by atoms with Crippen molar-refractivity contribution in [2.24, 2.45) is 0 Å². The van der Waals surface area contributed by atoms with Crippen molar-refractivity contribution in [1.29, 1.82) is 0 Å². The van der Waals surface area contributed by atoms with Gasteiger partial charge in [0.2, 0.25) is 0 Å². The molecule has 2 saturated heterocycles. The van der Waals surface area contributed by atoms with Crippen molar-refractivity contribution in [3.8, 4) is 11.4 Å². The maximum absolute atomic E-state index is 13.6. The predicted molar refractivity (Wildman–Crippen MR) is 131 cm³/mol. The van der Waals surface area contributed by atoms with Crippen molar-refractivity contribution in [2.45, 2.75) is 13.2 Å². The number of hydrogen-bond acceptors (Lipinski definition) is 7. The molecule has 0 saturated carbocycles. The van der Waals surface area contributed by atoms with Crippen LogP contribution in [-0.2, 0) is 18.0 Å². The van der Waals surface area contributed by atoms with E-state index < -0.39 is 6.67 Å². The summed E-state index contributed by atoms with van der Waals surface area (Å²) in [6.07, 6.45) is 1.88. The van der Waals surface area contributed by atoms with Crippen LogP contribution in [0.4, 0.5) is 10.2 Å². The smallest absolute Gasteiger partial charge is 0.163 e. The third kappa shape index (κ3) is 4.10. The highest BCUT2D eigenvalue weighted by molar-refractivity contribution is 7.18. The van der Waals surface area contributed by atoms with Crippen LogP contribution in [0.25, 0.3) is 32.5 Å². The molecular formula is C24H27FN6OS. The Morgan fingerprint density at radius 3 is 2.70 bits per heavy atom. The summed E-state index contributed by atoms with van der Waals surface area (Å²) in [5.41, 5.74) is 2.40. The monoisotopic (exact) mass is 466 g/mol. The van der Waals surface area contributed by atoms with Gasteiger partial charge in [0.25, 0.3) is 0 Å². The molecule has 2 aliphatic heterocycles. The molecule has 2 N–H and O–H groups in total. The van der Waals surface area contributed by atoms with Gasteiger partial charge in [0.15, 0.2) is 5.82 Å². The van der Waals surface area contributed by atoms with Gasteiger partial charge in [0.05, 0.1) is 18.6 Å². The number of aromatic amines is 1. The number of fused-ring (bicyclic) bond motifs is 2. The number of thiophene rings is 1. The topological polar surface area (TPSA) is 69.3 Å². The van der Waals surface area contributed by atoms with Crippen molar-refractivity contribution in [3.05, 3.63) is 40.9 Å². The summed E-state index contributed by atoms with van der Waals surface area (Å²) in [7, 11) is 0. The second-order valence-corrected chi connectivity index (χ2v) is 9.76. The van der Waals surface area contributed by atoms with Gasteiger partial charge < -0.3 is 19.9 Å². The first kappa shape index (κ1) is 21.0. The number of ether oxygens (including phenoxy) is 1. The van der Waals surface area contributed by atoms with Crippen LogP contribution in [0.1, 0.15) is 10.4 Å². The molecule has 6 rings (SSSR count). The van der Waals surface area contributed by atoms with Crippen molar-refractivity contribution in [3.63, 3.8) is 0 Å². The SMILES string of the molecule is FCc1cc(-c2nc(N3CCOCC3)c3cc(CN4CCNCC4)sc3n2)c2cc[nH]c2c1. The van der Waals surface area contributed by atoms with Gasteiger partial charge in [-0.3, -0.25) is 4.90 Å². The van der Waals surface area contributed by atoms with Crippen molar-refractivity contribution in [1.82, 2.24) is 25.2 Å². The zero-order chi connectivity index (χ0) is 22.2. The number of nitrogens with one attached hydrogen (secondary N) is 2. The van der Waals surface area contributed by atoms with Gasteiger partial charge in [-0.15, -0.1) is 11.3 Å². The number of piperazine rings is 1. The number of H-pyrrole nitrogens is 1. The van der Waals surface area contributed by atoms with Gasteiger partial charge in [0, 0.05) is 73.4 Å². The van der Waals surface area contributed by atoms with E-state index in [1.54, 1.807) is 11.3 Å². The molecule has 7 nitrogen and oxygen atoms in total. The third-order valence-electron chi connectivity index (χ3n) is 6.45. The minimum Gasteiger partial charge on any atom is -0.378 e. The fourth-order valence-electron chi connectivity index (χ4n) is 4.75. The first-order chi connectivity index (χ1) is 16.3. The third-order valence-corrected chi connectivity index (χ3v) is 7.46. The summed E-state index contributed by atoms with van der Waals surface area (Å²) in [6, 6.07) is 8.02. The molecule has 0 bridgehead atoms. The molecule has 1 aromatic carbocycles. The molecule has 0 unspecified atom stereocenters.